The lowest BCUT2D eigenvalue weighted by Crippen LogP contribution is -1.94. The number of halogens is 1. The van der Waals surface area contributed by atoms with E-state index in [-0.39, 0.29) is 11.3 Å². The van der Waals surface area contributed by atoms with E-state index in [4.69, 9.17) is 16.7 Å². The SMILES string of the molecule is O=C(O)c1cccc(N=Cc2cc(O)cc(Cl)c2)c1. The van der Waals surface area contributed by atoms with Crippen LogP contribution in [0.3, 0.4) is 0 Å². The second-order valence-electron chi connectivity index (χ2n) is 3.86. The van der Waals surface area contributed by atoms with Gasteiger partial charge in [0.05, 0.1) is 11.3 Å². The number of aromatic hydroxyl groups is 1. The van der Waals surface area contributed by atoms with E-state index < -0.39 is 5.97 Å². The zero-order chi connectivity index (χ0) is 13.8. The van der Waals surface area contributed by atoms with Gasteiger partial charge in [0.2, 0.25) is 0 Å². The Bertz CT molecular complexity index is 633. The van der Waals surface area contributed by atoms with E-state index in [0.717, 1.165) is 0 Å². The number of carbonyl (C=O) groups is 1. The van der Waals surface area contributed by atoms with Gasteiger partial charge in [-0.05, 0) is 42.0 Å². The topological polar surface area (TPSA) is 69.9 Å². The van der Waals surface area contributed by atoms with Crippen LogP contribution in [0.4, 0.5) is 5.69 Å². The fourth-order valence-electron chi connectivity index (χ4n) is 1.54. The van der Waals surface area contributed by atoms with Crippen molar-refractivity contribution in [1.82, 2.24) is 0 Å². The number of hydrogen-bond donors (Lipinski definition) is 2. The van der Waals surface area contributed by atoms with Crippen LogP contribution in [0, 0.1) is 0 Å². The van der Waals surface area contributed by atoms with Crippen molar-refractivity contribution < 1.29 is 15.0 Å². The third kappa shape index (κ3) is 3.56. The van der Waals surface area contributed by atoms with Crippen molar-refractivity contribution in [2.45, 2.75) is 0 Å². The molecule has 2 rings (SSSR count). The molecule has 0 saturated carbocycles. The second-order valence-corrected chi connectivity index (χ2v) is 4.29. The first-order chi connectivity index (χ1) is 9.04. The fraction of sp³-hybridized carbons (Fsp3) is 0. The highest BCUT2D eigenvalue weighted by Gasteiger charge is 2.02. The van der Waals surface area contributed by atoms with Crippen LogP contribution in [0.5, 0.6) is 5.75 Å². The summed E-state index contributed by atoms with van der Waals surface area (Å²) in [7, 11) is 0. The first kappa shape index (κ1) is 13.1. The van der Waals surface area contributed by atoms with E-state index in [1.54, 1.807) is 18.2 Å². The van der Waals surface area contributed by atoms with Gasteiger partial charge in [-0.25, -0.2) is 4.79 Å². The molecule has 0 spiro atoms. The number of phenolic OH excluding ortho intramolecular Hbond substituents is 1. The van der Waals surface area contributed by atoms with Crippen molar-refractivity contribution in [1.29, 1.82) is 0 Å². The van der Waals surface area contributed by atoms with Crippen molar-refractivity contribution >= 4 is 29.5 Å². The standard InChI is InChI=1S/C14H10ClNO3/c15-11-4-9(5-13(17)7-11)8-16-12-3-1-2-10(6-12)14(18)19/h1-8,17H,(H,18,19). The van der Waals surface area contributed by atoms with E-state index in [9.17, 15) is 9.90 Å². The maximum absolute atomic E-state index is 10.8. The molecule has 0 radical (unpaired) electrons. The zero-order valence-corrected chi connectivity index (χ0v) is 10.5. The molecule has 0 bridgehead atoms. The fourth-order valence-corrected chi connectivity index (χ4v) is 1.78. The molecule has 0 saturated heterocycles. The van der Waals surface area contributed by atoms with Gasteiger partial charge in [-0.15, -0.1) is 0 Å². The summed E-state index contributed by atoms with van der Waals surface area (Å²) in [6.45, 7) is 0. The quantitative estimate of drug-likeness (QED) is 0.842. The third-order valence-electron chi connectivity index (χ3n) is 2.36. The monoisotopic (exact) mass is 275 g/mol. The molecule has 0 unspecified atom stereocenters. The maximum Gasteiger partial charge on any atom is 0.335 e. The summed E-state index contributed by atoms with van der Waals surface area (Å²) in [5.41, 5.74) is 1.31. The largest absolute Gasteiger partial charge is 0.508 e. The average molecular weight is 276 g/mol. The number of carboxylic acid groups (broad SMARTS) is 1. The van der Waals surface area contributed by atoms with Crippen LogP contribution in [0.15, 0.2) is 47.5 Å². The van der Waals surface area contributed by atoms with Gasteiger partial charge in [0, 0.05) is 11.2 Å². The molecule has 0 aliphatic rings. The van der Waals surface area contributed by atoms with Crippen LogP contribution in [0.2, 0.25) is 5.02 Å². The minimum atomic E-state index is -1.00. The van der Waals surface area contributed by atoms with Gasteiger partial charge in [0.15, 0.2) is 0 Å². The Kier molecular flexibility index (Phi) is 3.82. The van der Waals surface area contributed by atoms with Crippen molar-refractivity contribution in [3.8, 4) is 5.75 Å². The molecule has 19 heavy (non-hydrogen) atoms. The number of aromatic carboxylic acids is 1. The van der Waals surface area contributed by atoms with Crippen molar-refractivity contribution in [2.75, 3.05) is 0 Å². The number of aliphatic imine (C=N–C) groups is 1. The van der Waals surface area contributed by atoms with Crippen molar-refractivity contribution in [3.63, 3.8) is 0 Å². The molecule has 0 fully saturated rings. The van der Waals surface area contributed by atoms with Gasteiger partial charge in [-0.3, -0.25) is 4.99 Å². The highest BCUT2D eigenvalue weighted by atomic mass is 35.5. The molecule has 0 heterocycles. The highest BCUT2D eigenvalue weighted by molar-refractivity contribution is 6.31. The summed E-state index contributed by atoms with van der Waals surface area (Å²) < 4.78 is 0. The summed E-state index contributed by atoms with van der Waals surface area (Å²) in [5, 5.41) is 18.7. The molecular weight excluding hydrogens is 266 g/mol. The number of carboxylic acids is 1. The molecule has 2 N–H and O–H groups in total. The Hall–Kier alpha value is -2.33. The summed E-state index contributed by atoms with van der Waals surface area (Å²) in [5.74, 6) is -0.953. The molecular formula is C14H10ClNO3. The molecule has 0 atom stereocenters. The van der Waals surface area contributed by atoms with Gasteiger partial charge < -0.3 is 10.2 Å². The Morgan fingerprint density at radius 1 is 1.21 bits per heavy atom. The van der Waals surface area contributed by atoms with E-state index >= 15 is 0 Å². The number of rotatable bonds is 3. The van der Waals surface area contributed by atoms with E-state index in [1.807, 2.05) is 0 Å². The van der Waals surface area contributed by atoms with Crippen LogP contribution < -0.4 is 0 Å². The van der Waals surface area contributed by atoms with Crippen LogP contribution in [0.1, 0.15) is 15.9 Å². The van der Waals surface area contributed by atoms with Crippen molar-refractivity contribution in [2.24, 2.45) is 4.99 Å². The average Bonchev–Trinajstić information content (AvgIpc) is 2.35. The summed E-state index contributed by atoms with van der Waals surface area (Å²) in [4.78, 5) is 15.0. The Morgan fingerprint density at radius 3 is 2.68 bits per heavy atom. The van der Waals surface area contributed by atoms with Crippen molar-refractivity contribution in [3.05, 3.63) is 58.6 Å². The number of phenols is 1. The van der Waals surface area contributed by atoms with Crippen LogP contribution in [-0.4, -0.2) is 22.4 Å². The van der Waals surface area contributed by atoms with Crippen LogP contribution in [0.25, 0.3) is 0 Å². The maximum atomic E-state index is 10.8. The molecule has 0 aliphatic heterocycles. The normalized spacial score (nSPS) is 10.8. The second kappa shape index (κ2) is 5.54. The lowest BCUT2D eigenvalue weighted by Gasteiger charge is -1.99. The highest BCUT2D eigenvalue weighted by Crippen LogP contribution is 2.20. The minimum absolute atomic E-state index is 0.0493. The Morgan fingerprint density at radius 2 is 2.00 bits per heavy atom. The smallest absolute Gasteiger partial charge is 0.335 e. The molecule has 0 amide bonds. The summed E-state index contributed by atoms with van der Waals surface area (Å²) >= 11 is 5.80. The molecule has 4 nitrogen and oxygen atoms in total. The molecule has 2 aromatic rings. The lowest BCUT2D eigenvalue weighted by molar-refractivity contribution is 0.0697. The molecule has 0 aromatic heterocycles. The predicted molar refractivity (Wildman–Crippen MR) is 73.8 cm³/mol. The van der Waals surface area contributed by atoms with Crippen LogP contribution >= 0.6 is 11.6 Å². The molecule has 0 aliphatic carbocycles. The van der Waals surface area contributed by atoms with Gasteiger partial charge in [-0.1, -0.05) is 17.7 Å². The predicted octanol–water partition coefficient (Wildman–Crippen LogP) is 3.49. The summed E-state index contributed by atoms with van der Waals surface area (Å²) in [6.07, 6.45) is 1.51. The third-order valence-corrected chi connectivity index (χ3v) is 2.58. The van der Waals surface area contributed by atoms with E-state index in [1.165, 1.54) is 30.5 Å². The lowest BCUT2D eigenvalue weighted by atomic mass is 10.2. The molecule has 5 heteroatoms. The van der Waals surface area contributed by atoms with Crippen LogP contribution in [-0.2, 0) is 0 Å². The molecule has 2 aromatic carbocycles. The van der Waals surface area contributed by atoms with E-state index in [2.05, 4.69) is 4.99 Å². The van der Waals surface area contributed by atoms with Gasteiger partial charge in [0.1, 0.15) is 5.75 Å². The number of benzene rings is 2. The first-order valence-corrected chi connectivity index (χ1v) is 5.79. The van der Waals surface area contributed by atoms with Gasteiger partial charge >= 0.3 is 5.97 Å². The zero-order valence-electron chi connectivity index (χ0n) is 9.75. The minimum Gasteiger partial charge on any atom is -0.508 e. The number of nitrogens with zero attached hydrogens (tertiary/aromatic N) is 1. The molecule has 96 valence electrons. The Balaban J connectivity index is 2.27. The number of hydrogen-bond acceptors (Lipinski definition) is 3. The van der Waals surface area contributed by atoms with E-state index in [0.29, 0.717) is 16.3 Å². The van der Waals surface area contributed by atoms with Gasteiger partial charge in [-0.2, -0.15) is 0 Å². The Labute approximate surface area is 114 Å². The first-order valence-electron chi connectivity index (χ1n) is 5.41. The van der Waals surface area contributed by atoms with Gasteiger partial charge in [0.25, 0.3) is 0 Å². The summed E-state index contributed by atoms with van der Waals surface area (Å²) in [6, 6.07) is 10.8.